The minimum Gasteiger partial charge on any atom is -0.493 e. The summed E-state index contributed by atoms with van der Waals surface area (Å²) < 4.78 is 126. The van der Waals surface area contributed by atoms with E-state index in [-0.39, 0.29) is 6.07 Å². The Balaban J connectivity index is 2.08. The van der Waals surface area contributed by atoms with Crippen molar-refractivity contribution in [2.75, 3.05) is 19.5 Å². The maximum atomic E-state index is 15.1. The Morgan fingerprint density at radius 1 is 0.872 bits per heavy atom. The Bertz CT molecular complexity index is 1410. The summed E-state index contributed by atoms with van der Waals surface area (Å²) >= 11 is 0. The van der Waals surface area contributed by atoms with E-state index in [2.05, 4.69) is 14.5 Å². The van der Waals surface area contributed by atoms with Crippen LogP contribution in [0.4, 0.5) is 40.8 Å². The second kappa shape index (κ2) is 11.0. The van der Waals surface area contributed by atoms with Gasteiger partial charge >= 0.3 is 18.5 Å². The van der Waals surface area contributed by atoms with Crippen LogP contribution in [0.2, 0.25) is 0 Å². The van der Waals surface area contributed by atoms with E-state index in [0.717, 1.165) is 38.6 Å². The minimum absolute atomic E-state index is 0.247. The molecule has 39 heavy (non-hydrogen) atoms. The lowest BCUT2D eigenvalue weighted by molar-refractivity contribution is -0.274. The Morgan fingerprint density at radius 2 is 1.54 bits per heavy atom. The lowest BCUT2D eigenvalue weighted by Gasteiger charge is -2.18. The summed E-state index contributed by atoms with van der Waals surface area (Å²) in [4.78, 5) is 28.0. The van der Waals surface area contributed by atoms with Crippen LogP contribution < -0.4 is 19.5 Å². The number of anilines is 1. The number of methoxy groups -OCH3 is 2. The fraction of sp³-hybridized carbons (Fsp3) is 0.174. The molecule has 0 radical (unpaired) electrons. The number of nitrogens with one attached hydrogen (secondary N) is 1. The summed E-state index contributed by atoms with van der Waals surface area (Å²) in [5, 5.41) is 1.83. The van der Waals surface area contributed by atoms with Crippen molar-refractivity contribution in [3.05, 3.63) is 71.1 Å². The average molecular weight is 566 g/mol. The number of hydrogen-bond acceptors (Lipinski definition) is 7. The van der Waals surface area contributed by atoms with Crippen LogP contribution in [0.1, 0.15) is 26.4 Å². The zero-order valence-corrected chi connectivity index (χ0v) is 19.5. The van der Waals surface area contributed by atoms with Crippen molar-refractivity contribution in [3.63, 3.8) is 0 Å². The van der Waals surface area contributed by atoms with Crippen LogP contribution in [0.5, 0.6) is 23.0 Å². The minimum atomic E-state index is -5.27. The van der Waals surface area contributed by atoms with Crippen molar-refractivity contribution in [2.45, 2.75) is 12.5 Å². The Morgan fingerprint density at radius 3 is 2.13 bits per heavy atom. The fourth-order valence-electron chi connectivity index (χ4n) is 3.09. The van der Waals surface area contributed by atoms with Crippen LogP contribution in [0.25, 0.3) is 0 Å². The molecule has 0 unspecified atom stereocenters. The third-order valence-corrected chi connectivity index (χ3v) is 4.74. The topological polar surface area (TPSA) is 96.0 Å². The number of pyridine rings is 1. The number of carbonyl (C=O) groups is 2. The van der Waals surface area contributed by atoms with Gasteiger partial charge in [0.25, 0.3) is 5.91 Å². The van der Waals surface area contributed by atoms with Crippen LogP contribution in [0, 0.1) is 11.6 Å². The third-order valence-electron chi connectivity index (χ3n) is 4.74. The lowest BCUT2D eigenvalue weighted by Crippen LogP contribution is -2.20. The van der Waals surface area contributed by atoms with E-state index in [1.165, 1.54) is 0 Å². The molecule has 1 N–H and O–H groups in total. The molecular formula is C23H14F8N2O6. The van der Waals surface area contributed by atoms with Crippen molar-refractivity contribution in [1.29, 1.82) is 0 Å². The molecule has 0 saturated carbocycles. The highest BCUT2D eigenvalue weighted by Crippen LogP contribution is 2.41. The van der Waals surface area contributed by atoms with Gasteiger partial charge in [-0.1, -0.05) is 0 Å². The second-order valence-electron chi connectivity index (χ2n) is 7.23. The number of carbonyl (C=O) groups excluding carboxylic acids is 2. The molecule has 2 aromatic carbocycles. The molecule has 0 fully saturated rings. The van der Waals surface area contributed by atoms with Gasteiger partial charge in [0.1, 0.15) is 17.1 Å². The molecule has 0 atom stereocenters. The van der Waals surface area contributed by atoms with E-state index < -0.39 is 81.6 Å². The molecule has 1 aromatic heterocycles. The zero-order chi connectivity index (χ0) is 29.1. The summed E-state index contributed by atoms with van der Waals surface area (Å²) in [6.45, 7) is 0. The number of alkyl halides is 6. The van der Waals surface area contributed by atoms with Gasteiger partial charge in [-0.05, 0) is 30.3 Å². The highest BCUT2D eigenvalue weighted by atomic mass is 19.4. The molecule has 0 aliphatic rings. The van der Waals surface area contributed by atoms with Crippen LogP contribution in [0.3, 0.4) is 0 Å². The van der Waals surface area contributed by atoms with Gasteiger partial charge in [-0.2, -0.15) is 13.2 Å². The second-order valence-corrected chi connectivity index (χ2v) is 7.23. The Labute approximate surface area is 213 Å². The van der Waals surface area contributed by atoms with Gasteiger partial charge in [0.15, 0.2) is 28.8 Å². The lowest BCUT2D eigenvalue weighted by atomic mass is 10.1. The first-order valence-corrected chi connectivity index (χ1v) is 10.2. The number of benzene rings is 2. The van der Waals surface area contributed by atoms with Gasteiger partial charge in [0, 0.05) is 12.3 Å². The molecule has 208 valence electrons. The monoisotopic (exact) mass is 566 g/mol. The predicted octanol–water partition coefficient (Wildman–Crippen LogP) is 6.12. The van der Waals surface area contributed by atoms with Gasteiger partial charge in [0.2, 0.25) is 0 Å². The van der Waals surface area contributed by atoms with E-state index in [1.54, 1.807) is 0 Å². The van der Waals surface area contributed by atoms with Gasteiger partial charge < -0.3 is 24.3 Å². The molecule has 1 amide bonds. The van der Waals surface area contributed by atoms with Crippen LogP contribution in [-0.4, -0.2) is 37.4 Å². The van der Waals surface area contributed by atoms with Gasteiger partial charge in [-0.15, -0.1) is 13.2 Å². The molecular weight excluding hydrogens is 552 g/mol. The summed E-state index contributed by atoms with van der Waals surface area (Å²) in [7, 11) is 1.91. The number of esters is 1. The van der Waals surface area contributed by atoms with Crippen LogP contribution in [-0.2, 0) is 10.9 Å². The maximum absolute atomic E-state index is 15.1. The summed E-state index contributed by atoms with van der Waals surface area (Å²) in [5.74, 6) is -8.95. The first-order chi connectivity index (χ1) is 18.2. The highest BCUT2D eigenvalue weighted by molar-refractivity contribution is 6.07. The average Bonchev–Trinajstić information content (AvgIpc) is 2.84. The largest absolute Gasteiger partial charge is 0.573 e. The fourth-order valence-corrected chi connectivity index (χ4v) is 3.09. The highest BCUT2D eigenvalue weighted by Gasteiger charge is 2.38. The molecule has 0 aliphatic carbocycles. The molecule has 0 aliphatic heterocycles. The molecule has 8 nitrogen and oxygen atoms in total. The SMILES string of the molecule is COC(=O)c1nccc(NC(=O)c2c(Oc3ccc(OC(F)(F)F)cc3OC)ccc(C(F)(F)F)c2F)c1F. The molecule has 1 heterocycles. The van der Waals surface area contributed by atoms with E-state index >= 15 is 4.39 Å². The molecule has 3 aromatic rings. The summed E-state index contributed by atoms with van der Waals surface area (Å²) in [6, 6.07) is 3.95. The van der Waals surface area contributed by atoms with Crippen molar-refractivity contribution >= 4 is 17.6 Å². The van der Waals surface area contributed by atoms with Crippen molar-refractivity contribution in [1.82, 2.24) is 4.98 Å². The van der Waals surface area contributed by atoms with E-state index in [0.29, 0.717) is 12.1 Å². The van der Waals surface area contributed by atoms with Gasteiger partial charge in [0.05, 0.1) is 25.5 Å². The van der Waals surface area contributed by atoms with Crippen molar-refractivity contribution < 1.29 is 63.7 Å². The van der Waals surface area contributed by atoms with E-state index in [1.807, 2.05) is 5.32 Å². The third kappa shape index (κ3) is 6.63. The smallest absolute Gasteiger partial charge is 0.493 e. The zero-order valence-electron chi connectivity index (χ0n) is 19.5. The number of nitrogens with zero attached hydrogens (tertiary/aromatic N) is 1. The summed E-state index contributed by atoms with van der Waals surface area (Å²) in [6.07, 6.45) is -9.47. The normalized spacial score (nSPS) is 11.5. The van der Waals surface area contributed by atoms with E-state index in [4.69, 9.17) is 9.47 Å². The number of rotatable bonds is 7. The molecule has 0 bridgehead atoms. The van der Waals surface area contributed by atoms with Gasteiger partial charge in [-0.3, -0.25) is 4.79 Å². The Hall–Kier alpha value is -4.63. The number of hydrogen-bond donors (Lipinski definition) is 1. The first-order valence-electron chi connectivity index (χ1n) is 10.2. The number of ether oxygens (including phenoxy) is 4. The number of aromatic nitrogens is 1. The number of halogens is 8. The van der Waals surface area contributed by atoms with Crippen molar-refractivity contribution in [2.24, 2.45) is 0 Å². The Kier molecular flexibility index (Phi) is 8.16. The van der Waals surface area contributed by atoms with Crippen molar-refractivity contribution in [3.8, 4) is 23.0 Å². The quantitative estimate of drug-likeness (QED) is 0.272. The van der Waals surface area contributed by atoms with Gasteiger partial charge in [-0.25, -0.2) is 18.6 Å². The first kappa shape index (κ1) is 28.9. The standard InChI is InChI=1S/C23H14F8N2O6/c1-36-15-9-10(39-23(29,30)31)3-5-13(15)38-14-6-4-11(22(26,27)28)17(24)16(14)20(34)33-12-7-8-32-19(18(12)25)21(35)37-2/h3-9H,1-2H3,(H,32,33,34). The molecule has 0 saturated heterocycles. The number of amides is 1. The molecule has 16 heteroatoms. The summed E-state index contributed by atoms with van der Waals surface area (Å²) in [5.41, 5.74) is -4.91. The molecule has 0 spiro atoms. The van der Waals surface area contributed by atoms with Crippen LogP contribution in [0.15, 0.2) is 42.6 Å². The van der Waals surface area contributed by atoms with Crippen LogP contribution >= 0.6 is 0 Å². The maximum Gasteiger partial charge on any atom is 0.573 e. The van der Waals surface area contributed by atoms with E-state index in [9.17, 15) is 40.3 Å². The predicted molar refractivity (Wildman–Crippen MR) is 115 cm³/mol. The molecule has 3 rings (SSSR count).